The molecule has 2 aromatic rings. The smallest absolute Gasteiger partial charge is 0.238 e. The van der Waals surface area contributed by atoms with Crippen molar-refractivity contribution in [3.63, 3.8) is 0 Å². The van der Waals surface area contributed by atoms with Crippen LogP contribution in [0, 0.1) is 0 Å². The first-order chi connectivity index (χ1) is 9.55. The number of nitrogens with zero attached hydrogens (tertiary/aromatic N) is 2. The van der Waals surface area contributed by atoms with Crippen LogP contribution in [0.15, 0.2) is 47.8 Å². The molecule has 0 saturated carbocycles. The van der Waals surface area contributed by atoms with Gasteiger partial charge in [0.25, 0.3) is 0 Å². The molecule has 0 fully saturated rings. The van der Waals surface area contributed by atoms with Gasteiger partial charge in [0, 0.05) is 12.7 Å². The summed E-state index contributed by atoms with van der Waals surface area (Å²) < 4.78 is 22.2. The fourth-order valence-corrected chi connectivity index (χ4v) is 2.23. The van der Waals surface area contributed by atoms with Gasteiger partial charge in [-0.3, -0.25) is 0 Å². The average Bonchev–Trinajstić information content (AvgIpc) is 2.44. The summed E-state index contributed by atoms with van der Waals surface area (Å²) in [6, 6.07) is 8.44. The summed E-state index contributed by atoms with van der Waals surface area (Å²) in [5, 5.41) is 8.30. The molecule has 0 aliphatic rings. The third-order valence-corrected chi connectivity index (χ3v) is 3.72. The molecule has 1 heterocycles. The second-order valence-corrected chi connectivity index (χ2v) is 5.88. The molecule has 0 atom stereocenters. The highest BCUT2D eigenvalue weighted by molar-refractivity contribution is 7.89. The van der Waals surface area contributed by atoms with Gasteiger partial charge in [0.05, 0.1) is 10.6 Å². The van der Waals surface area contributed by atoms with Crippen LogP contribution in [0.25, 0.3) is 0 Å². The van der Waals surface area contributed by atoms with E-state index in [0.29, 0.717) is 6.54 Å². The van der Waals surface area contributed by atoms with Gasteiger partial charge in [0.2, 0.25) is 10.0 Å². The lowest BCUT2D eigenvalue weighted by molar-refractivity contribution is 0.597. The normalized spacial score (nSPS) is 11.4. The number of hydrogen-bond acceptors (Lipinski definition) is 5. The summed E-state index contributed by atoms with van der Waals surface area (Å²) in [6.45, 7) is 1.45. The Labute approximate surface area is 118 Å². The molecule has 7 heteroatoms. The molecule has 106 valence electrons. The number of nitrogens with two attached hydrogens (primary N) is 1. The Morgan fingerprint density at radius 3 is 2.50 bits per heavy atom. The van der Waals surface area contributed by atoms with Crippen LogP contribution >= 0.6 is 0 Å². The molecule has 0 spiro atoms. The fourth-order valence-electron chi connectivity index (χ4n) is 1.72. The van der Waals surface area contributed by atoms with Crippen LogP contribution in [0.5, 0.6) is 0 Å². The SMILES string of the molecule is NS(=O)(=O)c1ccc(CCNCc2ccncn2)cc1. The van der Waals surface area contributed by atoms with Gasteiger partial charge < -0.3 is 5.32 Å². The Balaban J connectivity index is 1.80. The van der Waals surface area contributed by atoms with E-state index < -0.39 is 10.0 Å². The number of sulfonamides is 1. The lowest BCUT2D eigenvalue weighted by atomic mass is 10.1. The summed E-state index contributed by atoms with van der Waals surface area (Å²) in [4.78, 5) is 8.09. The van der Waals surface area contributed by atoms with Crippen molar-refractivity contribution in [1.29, 1.82) is 0 Å². The van der Waals surface area contributed by atoms with E-state index in [1.807, 2.05) is 6.07 Å². The molecule has 0 saturated heterocycles. The van der Waals surface area contributed by atoms with Crippen molar-refractivity contribution < 1.29 is 8.42 Å². The minimum Gasteiger partial charge on any atom is -0.311 e. The maximum Gasteiger partial charge on any atom is 0.238 e. The quantitative estimate of drug-likeness (QED) is 0.754. The third-order valence-electron chi connectivity index (χ3n) is 2.79. The summed E-state index contributed by atoms with van der Waals surface area (Å²) in [7, 11) is -3.61. The van der Waals surface area contributed by atoms with E-state index in [0.717, 1.165) is 24.2 Å². The van der Waals surface area contributed by atoms with E-state index in [4.69, 9.17) is 5.14 Å². The Kier molecular flexibility index (Phi) is 4.78. The summed E-state index contributed by atoms with van der Waals surface area (Å²) in [6.07, 6.45) is 4.02. The molecule has 3 N–H and O–H groups in total. The molecule has 0 amide bonds. The van der Waals surface area contributed by atoms with Gasteiger partial charge in [0.1, 0.15) is 6.33 Å². The lowest BCUT2D eigenvalue weighted by Gasteiger charge is -2.05. The van der Waals surface area contributed by atoms with Gasteiger partial charge in [-0.05, 0) is 36.7 Å². The average molecular weight is 292 g/mol. The Bertz CT molecular complexity index is 642. The number of benzene rings is 1. The van der Waals surface area contributed by atoms with Crippen molar-refractivity contribution >= 4 is 10.0 Å². The largest absolute Gasteiger partial charge is 0.311 e. The van der Waals surface area contributed by atoms with Crippen LogP contribution in [0.2, 0.25) is 0 Å². The first-order valence-electron chi connectivity index (χ1n) is 6.13. The van der Waals surface area contributed by atoms with Gasteiger partial charge in [0.15, 0.2) is 0 Å². The topological polar surface area (TPSA) is 98.0 Å². The molecule has 0 aliphatic carbocycles. The van der Waals surface area contributed by atoms with Gasteiger partial charge in [-0.15, -0.1) is 0 Å². The van der Waals surface area contributed by atoms with E-state index in [1.54, 1.807) is 18.3 Å². The van der Waals surface area contributed by atoms with Crippen molar-refractivity contribution in [3.8, 4) is 0 Å². The van der Waals surface area contributed by atoms with Crippen molar-refractivity contribution in [1.82, 2.24) is 15.3 Å². The molecule has 0 radical (unpaired) electrons. The predicted molar refractivity (Wildman–Crippen MR) is 75.3 cm³/mol. The van der Waals surface area contributed by atoms with E-state index in [-0.39, 0.29) is 4.90 Å². The van der Waals surface area contributed by atoms with Crippen LogP contribution in [0.1, 0.15) is 11.3 Å². The van der Waals surface area contributed by atoms with Crippen molar-refractivity contribution in [2.45, 2.75) is 17.9 Å². The van der Waals surface area contributed by atoms with Gasteiger partial charge in [-0.2, -0.15) is 0 Å². The first-order valence-corrected chi connectivity index (χ1v) is 7.68. The van der Waals surface area contributed by atoms with Gasteiger partial charge in [-0.25, -0.2) is 23.5 Å². The van der Waals surface area contributed by atoms with Crippen LogP contribution in [0.4, 0.5) is 0 Å². The van der Waals surface area contributed by atoms with Crippen LogP contribution in [-0.4, -0.2) is 24.9 Å². The third kappa shape index (κ3) is 4.37. The summed E-state index contributed by atoms with van der Waals surface area (Å²) in [5.74, 6) is 0. The van der Waals surface area contributed by atoms with E-state index in [2.05, 4.69) is 15.3 Å². The Morgan fingerprint density at radius 1 is 1.15 bits per heavy atom. The van der Waals surface area contributed by atoms with Crippen molar-refractivity contribution in [2.24, 2.45) is 5.14 Å². The van der Waals surface area contributed by atoms with Crippen molar-refractivity contribution in [2.75, 3.05) is 6.54 Å². The monoisotopic (exact) mass is 292 g/mol. The first kappa shape index (κ1) is 14.6. The van der Waals surface area contributed by atoms with Crippen LogP contribution in [-0.2, 0) is 23.0 Å². The van der Waals surface area contributed by atoms with Crippen molar-refractivity contribution in [3.05, 3.63) is 54.1 Å². The summed E-state index contributed by atoms with van der Waals surface area (Å²) >= 11 is 0. The highest BCUT2D eigenvalue weighted by Crippen LogP contribution is 2.08. The molecule has 6 nitrogen and oxygen atoms in total. The lowest BCUT2D eigenvalue weighted by Crippen LogP contribution is -2.17. The highest BCUT2D eigenvalue weighted by atomic mass is 32.2. The van der Waals surface area contributed by atoms with Gasteiger partial charge >= 0.3 is 0 Å². The fraction of sp³-hybridized carbons (Fsp3) is 0.231. The molecule has 20 heavy (non-hydrogen) atoms. The minimum atomic E-state index is -3.61. The summed E-state index contributed by atoms with van der Waals surface area (Å²) in [5.41, 5.74) is 1.98. The second kappa shape index (κ2) is 6.56. The highest BCUT2D eigenvalue weighted by Gasteiger charge is 2.06. The standard InChI is InChI=1S/C13H16N4O2S/c14-20(18,19)13-3-1-11(2-4-13)5-7-15-9-12-6-8-16-10-17-12/h1-4,6,8,10,15H,5,7,9H2,(H2,14,18,19). The van der Waals surface area contributed by atoms with E-state index >= 15 is 0 Å². The molecule has 1 aromatic carbocycles. The zero-order valence-corrected chi connectivity index (χ0v) is 11.7. The van der Waals surface area contributed by atoms with Crippen LogP contribution in [0.3, 0.4) is 0 Å². The predicted octanol–water partition coefficient (Wildman–Crippen LogP) is 0.456. The van der Waals surface area contributed by atoms with E-state index in [9.17, 15) is 8.42 Å². The molecule has 0 unspecified atom stereocenters. The number of aromatic nitrogens is 2. The zero-order chi connectivity index (χ0) is 14.4. The van der Waals surface area contributed by atoms with E-state index in [1.165, 1.54) is 18.5 Å². The Hall–Kier alpha value is -1.83. The zero-order valence-electron chi connectivity index (χ0n) is 10.9. The Morgan fingerprint density at radius 2 is 1.90 bits per heavy atom. The number of rotatable bonds is 6. The van der Waals surface area contributed by atoms with Gasteiger partial charge in [-0.1, -0.05) is 12.1 Å². The molecule has 0 aliphatic heterocycles. The minimum absolute atomic E-state index is 0.134. The number of hydrogen-bond donors (Lipinski definition) is 2. The number of nitrogens with one attached hydrogen (secondary N) is 1. The number of primary sulfonamides is 1. The molecule has 0 bridgehead atoms. The second-order valence-electron chi connectivity index (χ2n) is 4.32. The maximum absolute atomic E-state index is 11.1. The maximum atomic E-state index is 11.1. The molecular weight excluding hydrogens is 276 g/mol. The molecule has 2 rings (SSSR count). The molecular formula is C13H16N4O2S. The van der Waals surface area contributed by atoms with Crippen LogP contribution < -0.4 is 10.5 Å². The molecule has 1 aromatic heterocycles.